The topological polar surface area (TPSA) is 53.4 Å². The molecule has 3 aromatic carbocycles. The van der Waals surface area contributed by atoms with Gasteiger partial charge in [-0.2, -0.15) is 0 Å². The van der Waals surface area contributed by atoms with Crippen molar-refractivity contribution in [1.82, 2.24) is 9.88 Å². The fourth-order valence-electron chi connectivity index (χ4n) is 3.99. The van der Waals surface area contributed by atoms with E-state index in [4.69, 9.17) is 11.6 Å². The zero-order valence-electron chi connectivity index (χ0n) is 18.1. The van der Waals surface area contributed by atoms with Crippen molar-refractivity contribution < 1.29 is 9.90 Å². The number of aromatic carboxylic acids is 1. The lowest BCUT2D eigenvalue weighted by atomic mass is 9.88. The number of hydrogen-bond donors (Lipinski definition) is 1. The summed E-state index contributed by atoms with van der Waals surface area (Å²) in [5, 5.41) is 12.4. The van der Waals surface area contributed by atoms with Gasteiger partial charge in [0.25, 0.3) is 0 Å². The Kier molecular flexibility index (Phi) is 7.89. The second kappa shape index (κ2) is 11.2. The van der Waals surface area contributed by atoms with Crippen LogP contribution in [0.15, 0.2) is 90.3 Å². The SMILES string of the molecule is O=C(O)c1csc(CN(CCC(c2ccccc2)c2ccccc2)Cc2cccc(Cl)c2)n1. The van der Waals surface area contributed by atoms with Crippen molar-refractivity contribution in [3.63, 3.8) is 0 Å². The molecule has 0 radical (unpaired) electrons. The summed E-state index contributed by atoms with van der Waals surface area (Å²) in [6, 6.07) is 29.0. The number of benzene rings is 3. The second-order valence-corrected chi connectivity index (χ2v) is 9.31. The van der Waals surface area contributed by atoms with Crippen molar-refractivity contribution in [2.75, 3.05) is 6.54 Å². The van der Waals surface area contributed by atoms with Gasteiger partial charge in [-0.05, 0) is 41.8 Å². The summed E-state index contributed by atoms with van der Waals surface area (Å²) in [6.45, 7) is 2.11. The molecule has 0 aliphatic heterocycles. The van der Waals surface area contributed by atoms with E-state index in [1.54, 1.807) is 5.38 Å². The zero-order valence-corrected chi connectivity index (χ0v) is 19.7. The molecule has 0 spiro atoms. The van der Waals surface area contributed by atoms with Crippen molar-refractivity contribution in [2.45, 2.75) is 25.4 Å². The van der Waals surface area contributed by atoms with Gasteiger partial charge in [0, 0.05) is 22.9 Å². The van der Waals surface area contributed by atoms with Crippen LogP contribution < -0.4 is 0 Å². The molecule has 1 heterocycles. The number of carbonyl (C=O) groups is 1. The molecule has 1 aromatic heterocycles. The van der Waals surface area contributed by atoms with E-state index in [1.807, 2.05) is 30.3 Å². The van der Waals surface area contributed by atoms with Crippen molar-refractivity contribution in [2.24, 2.45) is 0 Å². The summed E-state index contributed by atoms with van der Waals surface area (Å²) < 4.78 is 0. The average molecular weight is 477 g/mol. The highest BCUT2D eigenvalue weighted by atomic mass is 35.5. The molecule has 0 saturated heterocycles. The maximum atomic E-state index is 11.3. The molecule has 0 saturated carbocycles. The molecule has 0 bridgehead atoms. The first-order chi connectivity index (χ1) is 16.1. The summed E-state index contributed by atoms with van der Waals surface area (Å²) in [5.74, 6) is -0.729. The van der Waals surface area contributed by atoms with E-state index in [2.05, 4.69) is 64.5 Å². The third kappa shape index (κ3) is 6.51. The predicted molar refractivity (Wildman–Crippen MR) is 134 cm³/mol. The minimum absolute atomic E-state index is 0.101. The number of thiazole rings is 1. The van der Waals surface area contributed by atoms with Crippen LogP contribution in [0.3, 0.4) is 0 Å². The van der Waals surface area contributed by atoms with Gasteiger partial charge in [0.2, 0.25) is 0 Å². The number of carboxylic acid groups (broad SMARTS) is 1. The number of halogens is 1. The van der Waals surface area contributed by atoms with Gasteiger partial charge in [0.05, 0.1) is 6.54 Å². The monoisotopic (exact) mass is 476 g/mol. The van der Waals surface area contributed by atoms with Crippen LogP contribution in [-0.2, 0) is 13.1 Å². The van der Waals surface area contributed by atoms with E-state index < -0.39 is 5.97 Å². The lowest BCUT2D eigenvalue weighted by molar-refractivity contribution is 0.0691. The molecule has 4 nitrogen and oxygen atoms in total. The number of nitrogens with zero attached hydrogens (tertiary/aromatic N) is 2. The summed E-state index contributed by atoms with van der Waals surface area (Å²) in [7, 11) is 0. The summed E-state index contributed by atoms with van der Waals surface area (Å²) in [5.41, 5.74) is 3.79. The molecule has 4 rings (SSSR count). The van der Waals surface area contributed by atoms with Crippen LogP contribution in [0.4, 0.5) is 0 Å². The first-order valence-electron chi connectivity index (χ1n) is 10.8. The van der Waals surface area contributed by atoms with Gasteiger partial charge >= 0.3 is 5.97 Å². The normalized spacial score (nSPS) is 11.2. The Bertz CT molecular complexity index is 1140. The van der Waals surface area contributed by atoms with E-state index >= 15 is 0 Å². The quantitative estimate of drug-likeness (QED) is 0.276. The average Bonchev–Trinajstić information content (AvgIpc) is 3.29. The van der Waals surface area contributed by atoms with Gasteiger partial charge in [-0.15, -0.1) is 11.3 Å². The molecule has 0 unspecified atom stereocenters. The van der Waals surface area contributed by atoms with Crippen molar-refractivity contribution in [3.8, 4) is 0 Å². The molecule has 0 fully saturated rings. The van der Waals surface area contributed by atoms with Gasteiger partial charge in [0.1, 0.15) is 5.01 Å². The standard InChI is InChI=1S/C27H25ClN2O2S/c28-23-13-7-8-20(16-23)17-30(18-26-29-25(19-33-26)27(31)32)15-14-24(21-9-3-1-4-10-21)22-11-5-2-6-12-22/h1-13,16,19,24H,14-15,17-18H2,(H,31,32). The predicted octanol–water partition coefficient (Wildman–Crippen LogP) is 6.72. The Morgan fingerprint density at radius 2 is 1.61 bits per heavy atom. The molecule has 6 heteroatoms. The van der Waals surface area contributed by atoms with Gasteiger partial charge in [0.15, 0.2) is 5.69 Å². The molecule has 4 aromatic rings. The molecule has 0 amide bonds. The highest BCUT2D eigenvalue weighted by molar-refractivity contribution is 7.09. The fourth-order valence-corrected chi connectivity index (χ4v) is 5.01. The molecule has 0 aliphatic carbocycles. The van der Waals surface area contributed by atoms with Crippen LogP contribution in [0.5, 0.6) is 0 Å². The summed E-state index contributed by atoms with van der Waals surface area (Å²) in [6.07, 6.45) is 0.922. The number of carboxylic acids is 1. The number of hydrogen-bond acceptors (Lipinski definition) is 4. The smallest absolute Gasteiger partial charge is 0.355 e. The van der Waals surface area contributed by atoms with Crippen LogP contribution in [0, 0.1) is 0 Å². The lowest BCUT2D eigenvalue weighted by Crippen LogP contribution is -2.25. The highest BCUT2D eigenvalue weighted by Crippen LogP contribution is 2.29. The van der Waals surface area contributed by atoms with Gasteiger partial charge < -0.3 is 5.11 Å². The molecule has 168 valence electrons. The summed E-state index contributed by atoms with van der Waals surface area (Å²) >= 11 is 7.61. The molecular formula is C27H25ClN2O2S. The van der Waals surface area contributed by atoms with Crippen molar-refractivity contribution in [3.05, 3.63) is 123 Å². The third-order valence-corrected chi connectivity index (χ3v) is 6.63. The molecular weight excluding hydrogens is 452 g/mol. The van der Waals surface area contributed by atoms with E-state index in [0.717, 1.165) is 23.5 Å². The highest BCUT2D eigenvalue weighted by Gasteiger charge is 2.18. The van der Waals surface area contributed by atoms with Crippen LogP contribution in [-0.4, -0.2) is 27.5 Å². The Morgan fingerprint density at radius 1 is 0.939 bits per heavy atom. The zero-order chi connectivity index (χ0) is 23.0. The second-order valence-electron chi connectivity index (χ2n) is 7.93. The van der Waals surface area contributed by atoms with Crippen LogP contribution in [0.2, 0.25) is 5.02 Å². The first-order valence-corrected chi connectivity index (χ1v) is 12.1. The van der Waals surface area contributed by atoms with E-state index in [0.29, 0.717) is 18.1 Å². The van der Waals surface area contributed by atoms with E-state index in [1.165, 1.54) is 22.5 Å². The molecule has 0 aliphatic rings. The van der Waals surface area contributed by atoms with E-state index in [-0.39, 0.29) is 11.6 Å². The van der Waals surface area contributed by atoms with Gasteiger partial charge in [-0.3, -0.25) is 4.90 Å². The Labute approximate surface area is 203 Å². The minimum atomic E-state index is -0.993. The Morgan fingerprint density at radius 3 is 2.18 bits per heavy atom. The van der Waals surface area contributed by atoms with Gasteiger partial charge in [-0.25, -0.2) is 9.78 Å². The van der Waals surface area contributed by atoms with Crippen molar-refractivity contribution in [1.29, 1.82) is 0 Å². The minimum Gasteiger partial charge on any atom is -0.476 e. The first kappa shape index (κ1) is 23.2. The van der Waals surface area contributed by atoms with Crippen LogP contribution in [0.25, 0.3) is 0 Å². The van der Waals surface area contributed by atoms with Crippen LogP contribution in [0.1, 0.15) is 44.5 Å². The number of rotatable bonds is 10. The third-order valence-electron chi connectivity index (χ3n) is 5.56. The molecule has 1 N–H and O–H groups in total. The number of aromatic nitrogens is 1. The van der Waals surface area contributed by atoms with Crippen LogP contribution >= 0.6 is 22.9 Å². The fraction of sp³-hybridized carbons (Fsp3) is 0.185. The Balaban J connectivity index is 1.56. The Hall–Kier alpha value is -2.99. The van der Waals surface area contributed by atoms with E-state index in [9.17, 15) is 9.90 Å². The molecule has 0 atom stereocenters. The van der Waals surface area contributed by atoms with Crippen molar-refractivity contribution >= 4 is 28.9 Å². The lowest BCUT2D eigenvalue weighted by Gasteiger charge is -2.25. The maximum absolute atomic E-state index is 11.3. The largest absolute Gasteiger partial charge is 0.476 e. The van der Waals surface area contributed by atoms with Gasteiger partial charge in [-0.1, -0.05) is 84.4 Å². The molecule has 33 heavy (non-hydrogen) atoms. The maximum Gasteiger partial charge on any atom is 0.355 e. The summed E-state index contributed by atoms with van der Waals surface area (Å²) in [4.78, 5) is 17.9.